The van der Waals surface area contributed by atoms with Gasteiger partial charge in [0.15, 0.2) is 5.82 Å². The minimum Gasteiger partial charge on any atom is -0.460 e. The van der Waals surface area contributed by atoms with E-state index in [0.29, 0.717) is 18.8 Å². The molecule has 1 aromatic carbocycles. The highest BCUT2D eigenvalue weighted by Gasteiger charge is 2.37. The molecule has 0 bridgehead atoms. The predicted molar refractivity (Wildman–Crippen MR) is 136 cm³/mol. The van der Waals surface area contributed by atoms with Crippen LogP contribution in [0.4, 0.5) is 0 Å². The second-order valence-corrected chi connectivity index (χ2v) is 11.1. The van der Waals surface area contributed by atoms with Crippen molar-refractivity contribution in [2.24, 2.45) is 0 Å². The van der Waals surface area contributed by atoms with Crippen LogP contribution >= 0.6 is 11.8 Å². The first-order chi connectivity index (χ1) is 16.0. The number of aromatic nitrogens is 3. The average molecular weight is 490 g/mol. The van der Waals surface area contributed by atoms with Crippen molar-refractivity contribution in [3.8, 4) is 11.4 Å². The van der Waals surface area contributed by atoms with Gasteiger partial charge in [0.2, 0.25) is 5.82 Å². The molecule has 2 aromatic rings. The van der Waals surface area contributed by atoms with Gasteiger partial charge in [-0.05, 0) is 59.6 Å². The maximum Gasteiger partial charge on any atom is 0.376 e. The summed E-state index contributed by atoms with van der Waals surface area (Å²) in [4.78, 5) is 30.7. The number of hydrogen-bond donors (Lipinski definition) is 0. The summed E-state index contributed by atoms with van der Waals surface area (Å²) in [5.74, 6) is 0.0477. The van der Waals surface area contributed by atoms with E-state index < -0.39 is 16.3 Å². The summed E-state index contributed by atoms with van der Waals surface area (Å²) in [6, 6.07) is 7.76. The number of benzene rings is 1. The van der Waals surface area contributed by atoms with Crippen molar-refractivity contribution in [3.05, 3.63) is 30.1 Å². The Morgan fingerprint density at radius 2 is 1.68 bits per heavy atom. The smallest absolute Gasteiger partial charge is 0.376 e. The first kappa shape index (κ1) is 27.9. The lowest BCUT2D eigenvalue weighted by atomic mass is 10.0. The van der Waals surface area contributed by atoms with Gasteiger partial charge in [0.1, 0.15) is 10.3 Å². The van der Waals surface area contributed by atoms with E-state index in [1.807, 2.05) is 52.0 Å². The van der Waals surface area contributed by atoms with Gasteiger partial charge in [0.05, 0.1) is 6.61 Å². The highest BCUT2D eigenvalue weighted by molar-refractivity contribution is 8.01. The Bertz CT molecular complexity index is 950. The van der Waals surface area contributed by atoms with Crippen molar-refractivity contribution in [3.63, 3.8) is 0 Å². The molecule has 2 rings (SSSR count). The lowest BCUT2D eigenvalue weighted by Crippen LogP contribution is -2.38. The molecule has 7 nitrogen and oxygen atoms in total. The summed E-state index contributed by atoms with van der Waals surface area (Å²) in [6.45, 7) is 14.5. The van der Waals surface area contributed by atoms with Crippen LogP contribution in [0.1, 0.15) is 91.2 Å². The van der Waals surface area contributed by atoms with Gasteiger partial charge < -0.3 is 9.47 Å². The summed E-state index contributed by atoms with van der Waals surface area (Å²) in [7, 11) is 0. The third-order valence-corrected chi connectivity index (χ3v) is 6.45. The molecule has 0 amide bonds. The van der Waals surface area contributed by atoms with Crippen molar-refractivity contribution in [2.45, 2.75) is 102 Å². The number of hydrogen-bond acceptors (Lipinski definition) is 7. The summed E-state index contributed by atoms with van der Waals surface area (Å²) < 4.78 is 11.8. The Morgan fingerprint density at radius 3 is 2.24 bits per heavy atom. The lowest BCUT2D eigenvalue weighted by Gasteiger charge is -2.30. The van der Waals surface area contributed by atoms with Crippen LogP contribution in [0.3, 0.4) is 0 Å². The molecule has 0 saturated carbocycles. The number of ether oxygens (including phenoxy) is 2. The predicted octanol–water partition coefficient (Wildman–Crippen LogP) is 6.30. The highest BCUT2D eigenvalue weighted by Crippen LogP contribution is 2.39. The van der Waals surface area contributed by atoms with Crippen molar-refractivity contribution >= 4 is 23.7 Å². The summed E-state index contributed by atoms with van der Waals surface area (Å²) in [5.41, 5.74) is 0.271. The van der Waals surface area contributed by atoms with Crippen LogP contribution in [0.25, 0.3) is 11.4 Å². The van der Waals surface area contributed by atoms with E-state index in [0.717, 1.165) is 36.1 Å². The van der Waals surface area contributed by atoms with E-state index >= 15 is 0 Å². The standard InChI is InChI=1S/C26H39N3O4S/c1-8-11-12-18-29-22(23(30)32-10-3)27-21(28-29)19-13-15-20(16-14-19)34-26(7,17-9-2)24(31)33-25(4,5)6/h13-16H,8-12,17-18H2,1-7H3. The van der Waals surface area contributed by atoms with Crippen molar-refractivity contribution in [1.82, 2.24) is 14.8 Å². The van der Waals surface area contributed by atoms with E-state index in [-0.39, 0.29) is 18.4 Å². The topological polar surface area (TPSA) is 83.3 Å². The third-order valence-electron chi connectivity index (χ3n) is 5.12. The number of carbonyl (C=O) groups is 2. The van der Waals surface area contributed by atoms with E-state index in [2.05, 4.69) is 23.9 Å². The quantitative estimate of drug-likeness (QED) is 0.196. The lowest BCUT2D eigenvalue weighted by molar-refractivity contribution is -0.157. The largest absolute Gasteiger partial charge is 0.460 e. The molecule has 1 aromatic heterocycles. The van der Waals surface area contributed by atoms with Gasteiger partial charge in [-0.1, -0.05) is 45.2 Å². The Balaban J connectivity index is 2.25. The maximum absolute atomic E-state index is 12.9. The zero-order valence-corrected chi connectivity index (χ0v) is 22.5. The first-order valence-corrected chi connectivity index (χ1v) is 13.0. The molecule has 0 radical (unpaired) electrons. The van der Waals surface area contributed by atoms with Crippen LogP contribution in [-0.2, 0) is 20.8 Å². The third kappa shape index (κ3) is 7.86. The molecule has 0 aliphatic rings. The summed E-state index contributed by atoms with van der Waals surface area (Å²) in [6.07, 6.45) is 4.63. The summed E-state index contributed by atoms with van der Waals surface area (Å²) >= 11 is 1.51. The molecule has 0 N–H and O–H groups in total. The fourth-order valence-corrected chi connectivity index (χ4v) is 4.69. The molecular weight excluding hydrogens is 450 g/mol. The average Bonchev–Trinajstić information content (AvgIpc) is 3.18. The van der Waals surface area contributed by atoms with Gasteiger partial charge in [0.25, 0.3) is 0 Å². The number of rotatable bonds is 12. The van der Waals surface area contributed by atoms with Gasteiger partial charge in [-0.3, -0.25) is 4.79 Å². The van der Waals surface area contributed by atoms with Gasteiger partial charge >= 0.3 is 11.9 Å². The number of esters is 2. The normalized spacial score (nSPS) is 13.4. The SMILES string of the molecule is CCCCCn1nc(-c2ccc(SC(C)(CCC)C(=O)OC(C)(C)C)cc2)nc1C(=O)OCC. The first-order valence-electron chi connectivity index (χ1n) is 12.2. The molecular formula is C26H39N3O4S. The number of carbonyl (C=O) groups excluding carboxylic acids is 2. The zero-order chi connectivity index (χ0) is 25.4. The van der Waals surface area contributed by atoms with E-state index in [1.54, 1.807) is 11.6 Å². The fourth-order valence-electron chi connectivity index (χ4n) is 3.47. The van der Waals surface area contributed by atoms with Crippen molar-refractivity contribution in [1.29, 1.82) is 0 Å². The Labute approximate surface area is 208 Å². The van der Waals surface area contributed by atoms with Crippen LogP contribution in [0.15, 0.2) is 29.2 Å². The Hall–Kier alpha value is -2.35. The number of nitrogens with zero attached hydrogens (tertiary/aromatic N) is 3. The summed E-state index contributed by atoms with van der Waals surface area (Å²) in [5, 5.41) is 4.58. The van der Waals surface area contributed by atoms with Crippen molar-refractivity contribution < 1.29 is 19.1 Å². The van der Waals surface area contributed by atoms with Crippen molar-refractivity contribution in [2.75, 3.05) is 6.61 Å². The minimum absolute atomic E-state index is 0.206. The number of thioether (sulfide) groups is 1. The fraction of sp³-hybridized carbons (Fsp3) is 0.615. The second-order valence-electron chi connectivity index (χ2n) is 9.52. The molecule has 1 atom stereocenters. The van der Waals surface area contributed by atoms with Crippen LogP contribution in [0.5, 0.6) is 0 Å². The van der Waals surface area contributed by atoms with Crippen LogP contribution in [-0.4, -0.2) is 43.7 Å². The Kier molecular flexibility index (Phi) is 10.2. The number of aryl methyl sites for hydroxylation is 1. The molecule has 0 aliphatic carbocycles. The molecule has 0 aliphatic heterocycles. The van der Waals surface area contributed by atoms with Gasteiger partial charge in [-0.15, -0.1) is 11.8 Å². The molecule has 34 heavy (non-hydrogen) atoms. The van der Waals surface area contributed by atoms with Crippen LogP contribution < -0.4 is 0 Å². The van der Waals surface area contributed by atoms with E-state index in [1.165, 1.54) is 11.8 Å². The Morgan fingerprint density at radius 1 is 1.00 bits per heavy atom. The molecule has 188 valence electrons. The van der Waals surface area contributed by atoms with Crippen LogP contribution in [0.2, 0.25) is 0 Å². The molecule has 1 unspecified atom stereocenters. The molecule has 0 saturated heterocycles. The number of unbranched alkanes of at least 4 members (excludes halogenated alkanes) is 2. The zero-order valence-electron chi connectivity index (χ0n) is 21.6. The van der Waals surface area contributed by atoms with E-state index in [4.69, 9.17) is 9.47 Å². The highest BCUT2D eigenvalue weighted by atomic mass is 32.2. The monoisotopic (exact) mass is 489 g/mol. The molecule has 1 heterocycles. The van der Waals surface area contributed by atoms with Crippen LogP contribution in [0, 0.1) is 0 Å². The van der Waals surface area contributed by atoms with Gasteiger partial charge in [-0.25, -0.2) is 14.5 Å². The second kappa shape index (κ2) is 12.4. The van der Waals surface area contributed by atoms with Gasteiger partial charge in [0, 0.05) is 17.0 Å². The maximum atomic E-state index is 12.9. The molecule has 0 spiro atoms. The molecule has 8 heteroatoms. The molecule has 0 fully saturated rings. The van der Waals surface area contributed by atoms with E-state index in [9.17, 15) is 9.59 Å². The minimum atomic E-state index is -0.681. The van der Waals surface area contributed by atoms with Gasteiger partial charge in [-0.2, -0.15) is 5.10 Å².